The first-order valence-corrected chi connectivity index (χ1v) is 10.3. The lowest BCUT2D eigenvalue weighted by Gasteiger charge is -2.40. The number of nitrogens with zero attached hydrogens (tertiary/aromatic N) is 2. The van der Waals surface area contributed by atoms with E-state index in [1.807, 2.05) is 24.3 Å². The van der Waals surface area contributed by atoms with E-state index in [4.69, 9.17) is 16.6 Å². The molecule has 0 bridgehead atoms. The summed E-state index contributed by atoms with van der Waals surface area (Å²) in [5.41, 5.74) is 2.17. The van der Waals surface area contributed by atoms with Gasteiger partial charge in [0.1, 0.15) is 5.01 Å². The van der Waals surface area contributed by atoms with Crippen molar-refractivity contribution in [2.45, 2.75) is 25.8 Å². The van der Waals surface area contributed by atoms with Crippen molar-refractivity contribution >= 4 is 33.2 Å². The molecule has 0 unspecified atom stereocenters. The number of halogens is 1. The van der Waals surface area contributed by atoms with Gasteiger partial charge < -0.3 is 5.11 Å². The fourth-order valence-electron chi connectivity index (χ4n) is 3.80. The number of aliphatic hydroxyl groups excluding tert-OH is 1. The van der Waals surface area contributed by atoms with Crippen LogP contribution in [0.4, 0.5) is 0 Å². The Labute approximate surface area is 163 Å². The molecule has 3 aromatic rings. The SMILES string of the molecule is OCC1(Cc2ccccc2Cl)CCN(Cc2nc3ccccc3s2)CC1. The van der Waals surface area contributed by atoms with Crippen molar-refractivity contribution in [1.82, 2.24) is 9.88 Å². The molecule has 2 heterocycles. The van der Waals surface area contributed by atoms with E-state index in [0.29, 0.717) is 0 Å². The highest BCUT2D eigenvalue weighted by Gasteiger charge is 2.34. The second kappa shape index (κ2) is 7.65. The number of benzene rings is 2. The normalized spacial score (nSPS) is 17.6. The van der Waals surface area contributed by atoms with Crippen LogP contribution in [0.3, 0.4) is 0 Å². The second-order valence-electron chi connectivity index (χ2n) is 7.28. The summed E-state index contributed by atoms with van der Waals surface area (Å²) in [5, 5.41) is 12.1. The molecule has 0 spiro atoms. The molecule has 1 N–H and O–H groups in total. The van der Waals surface area contributed by atoms with Crippen molar-refractivity contribution in [3.8, 4) is 0 Å². The summed E-state index contributed by atoms with van der Waals surface area (Å²) in [6.07, 6.45) is 2.82. The van der Waals surface area contributed by atoms with Gasteiger partial charge >= 0.3 is 0 Å². The summed E-state index contributed by atoms with van der Waals surface area (Å²) in [4.78, 5) is 7.21. The number of aromatic nitrogens is 1. The molecule has 0 amide bonds. The summed E-state index contributed by atoms with van der Waals surface area (Å²) in [5.74, 6) is 0. The lowest BCUT2D eigenvalue weighted by Crippen LogP contribution is -2.42. The van der Waals surface area contributed by atoms with E-state index >= 15 is 0 Å². The van der Waals surface area contributed by atoms with Gasteiger partial charge in [0.2, 0.25) is 0 Å². The van der Waals surface area contributed by atoms with Gasteiger partial charge in [-0.2, -0.15) is 0 Å². The molecule has 0 radical (unpaired) electrons. The van der Waals surface area contributed by atoms with Crippen molar-refractivity contribution in [3.63, 3.8) is 0 Å². The van der Waals surface area contributed by atoms with Gasteiger partial charge in [-0.25, -0.2) is 4.98 Å². The Morgan fingerprint density at radius 2 is 1.81 bits per heavy atom. The molecule has 2 aromatic carbocycles. The fourth-order valence-corrected chi connectivity index (χ4v) is 5.01. The summed E-state index contributed by atoms with van der Waals surface area (Å²) in [7, 11) is 0. The molecule has 1 aliphatic heterocycles. The third-order valence-corrected chi connectivity index (χ3v) is 6.86. The smallest absolute Gasteiger partial charge is 0.108 e. The summed E-state index contributed by atoms with van der Waals surface area (Å²) >= 11 is 8.12. The Morgan fingerprint density at radius 3 is 2.54 bits per heavy atom. The van der Waals surface area contributed by atoms with E-state index in [1.165, 1.54) is 9.71 Å². The zero-order valence-corrected chi connectivity index (χ0v) is 16.3. The van der Waals surface area contributed by atoms with Crippen LogP contribution in [0.25, 0.3) is 10.2 Å². The molecule has 3 nitrogen and oxygen atoms in total. The van der Waals surface area contributed by atoms with Gasteiger partial charge in [-0.3, -0.25) is 4.90 Å². The first kappa shape index (κ1) is 17.9. The molecule has 136 valence electrons. The van der Waals surface area contributed by atoms with Crippen LogP contribution in [-0.2, 0) is 13.0 Å². The molecule has 4 rings (SSSR count). The highest BCUT2D eigenvalue weighted by molar-refractivity contribution is 7.18. The minimum atomic E-state index is -0.0604. The van der Waals surface area contributed by atoms with E-state index in [2.05, 4.69) is 29.2 Å². The molecule has 1 aromatic heterocycles. The minimum Gasteiger partial charge on any atom is -0.396 e. The summed E-state index contributed by atoms with van der Waals surface area (Å²) < 4.78 is 1.25. The third kappa shape index (κ3) is 3.79. The molecule has 5 heteroatoms. The van der Waals surface area contributed by atoms with Crippen LogP contribution in [-0.4, -0.2) is 34.7 Å². The van der Waals surface area contributed by atoms with Crippen molar-refractivity contribution in [2.24, 2.45) is 5.41 Å². The van der Waals surface area contributed by atoms with Crippen molar-refractivity contribution in [1.29, 1.82) is 0 Å². The van der Waals surface area contributed by atoms with Crippen LogP contribution in [0.15, 0.2) is 48.5 Å². The quantitative estimate of drug-likeness (QED) is 0.686. The van der Waals surface area contributed by atoms with Crippen LogP contribution >= 0.6 is 22.9 Å². The number of fused-ring (bicyclic) bond motifs is 1. The van der Waals surface area contributed by atoms with E-state index in [-0.39, 0.29) is 12.0 Å². The fraction of sp³-hybridized carbons (Fsp3) is 0.381. The van der Waals surface area contributed by atoms with Gasteiger partial charge in [0, 0.05) is 11.6 Å². The molecule has 0 atom stereocenters. The average Bonchev–Trinajstić information content (AvgIpc) is 3.08. The number of likely N-dealkylation sites (tertiary alicyclic amines) is 1. The molecular formula is C21H23ClN2OS. The first-order chi connectivity index (χ1) is 12.7. The lowest BCUT2D eigenvalue weighted by molar-refractivity contribution is 0.0414. The number of aliphatic hydroxyl groups is 1. The Morgan fingerprint density at radius 1 is 1.08 bits per heavy atom. The summed E-state index contributed by atoms with van der Waals surface area (Å²) in [6, 6.07) is 16.3. The van der Waals surface area contributed by atoms with Crippen molar-refractivity contribution in [3.05, 3.63) is 64.1 Å². The van der Waals surface area contributed by atoms with E-state index in [9.17, 15) is 5.11 Å². The van der Waals surface area contributed by atoms with Gasteiger partial charge in [0.25, 0.3) is 0 Å². The van der Waals surface area contributed by atoms with Crippen molar-refractivity contribution < 1.29 is 5.11 Å². The van der Waals surface area contributed by atoms with E-state index in [0.717, 1.165) is 55.0 Å². The zero-order chi connectivity index (χ0) is 18.0. The molecule has 1 saturated heterocycles. The maximum absolute atomic E-state index is 10.1. The monoisotopic (exact) mass is 386 g/mol. The Hall–Kier alpha value is -1.46. The van der Waals surface area contributed by atoms with Gasteiger partial charge in [0.15, 0.2) is 0 Å². The molecular weight excluding hydrogens is 364 g/mol. The van der Waals surface area contributed by atoms with Crippen LogP contribution in [0, 0.1) is 5.41 Å². The largest absolute Gasteiger partial charge is 0.396 e. The highest BCUT2D eigenvalue weighted by atomic mass is 35.5. The van der Waals surface area contributed by atoms with Crippen LogP contribution < -0.4 is 0 Å². The number of hydrogen-bond acceptors (Lipinski definition) is 4. The Balaban J connectivity index is 1.41. The Kier molecular flexibility index (Phi) is 5.28. The van der Waals surface area contributed by atoms with E-state index < -0.39 is 0 Å². The van der Waals surface area contributed by atoms with Gasteiger partial charge in [-0.1, -0.05) is 41.9 Å². The first-order valence-electron chi connectivity index (χ1n) is 9.09. The van der Waals surface area contributed by atoms with Gasteiger partial charge in [0.05, 0.1) is 16.8 Å². The van der Waals surface area contributed by atoms with Crippen LogP contribution in [0.2, 0.25) is 5.02 Å². The standard InChI is InChI=1S/C21H23ClN2OS/c22-17-6-2-1-5-16(17)13-21(15-25)9-11-24(12-10-21)14-20-23-18-7-3-4-8-19(18)26-20/h1-8,25H,9-15H2. The Bertz CT molecular complexity index is 853. The highest BCUT2D eigenvalue weighted by Crippen LogP contribution is 2.37. The molecule has 1 aliphatic rings. The number of hydrogen-bond donors (Lipinski definition) is 1. The molecule has 1 fully saturated rings. The molecule has 0 aliphatic carbocycles. The minimum absolute atomic E-state index is 0.0604. The molecule has 0 saturated carbocycles. The van der Waals surface area contributed by atoms with Crippen LogP contribution in [0.5, 0.6) is 0 Å². The van der Waals surface area contributed by atoms with Gasteiger partial charge in [-0.05, 0) is 61.5 Å². The third-order valence-electron chi connectivity index (χ3n) is 5.47. The number of thiazole rings is 1. The average molecular weight is 387 g/mol. The van der Waals surface area contributed by atoms with Crippen LogP contribution in [0.1, 0.15) is 23.4 Å². The molecule has 26 heavy (non-hydrogen) atoms. The summed E-state index contributed by atoms with van der Waals surface area (Å²) in [6.45, 7) is 3.09. The number of piperidine rings is 1. The topological polar surface area (TPSA) is 36.4 Å². The maximum atomic E-state index is 10.1. The van der Waals surface area contributed by atoms with Gasteiger partial charge in [-0.15, -0.1) is 11.3 Å². The number of rotatable bonds is 5. The number of para-hydroxylation sites is 1. The van der Waals surface area contributed by atoms with Crippen molar-refractivity contribution in [2.75, 3.05) is 19.7 Å². The maximum Gasteiger partial charge on any atom is 0.108 e. The lowest BCUT2D eigenvalue weighted by atomic mass is 9.74. The van der Waals surface area contributed by atoms with E-state index in [1.54, 1.807) is 11.3 Å². The second-order valence-corrected chi connectivity index (χ2v) is 8.80. The predicted octanol–water partition coefficient (Wildman–Crippen LogP) is 4.77. The predicted molar refractivity (Wildman–Crippen MR) is 109 cm³/mol. The zero-order valence-electron chi connectivity index (χ0n) is 14.7.